The van der Waals surface area contributed by atoms with Crippen molar-refractivity contribution in [1.29, 1.82) is 0 Å². The number of aromatic nitrogens is 1. The Hall–Kier alpha value is -2.04. The molecular weight excluding hydrogens is 310 g/mol. The van der Waals surface area contributed by atoms with E-state index in [4.69, 9.17) is 9.40 Å². The molecule has 4 nitrogen and oxygen atoms in total. The fraction of sp³-hybridized carbons (Fsp3) is 0.278. The third-order valence-corrected chi connectivity index (χ3v) is 4.22. The van der Waals surface area contributed by atoms with Gasteiger partial charge in [-0.1, -0.05) is 24.3 Å². The van der Waals surface area contributed by atoms with E-state index < -0.39 is 0 Å². The number of halogens is 1. The zero-order valence-electron chi connectivity index (χ0n) is 13.0. The molecule has 2 unspecified atom stereocenters. The highest BCUT2D eigenvalue weighted by Gasteiger charge is 2.32. The molecule has 2 N–H and O–H groups in total. The molecule has 0 aliphatic carbocycles. The predicted octanol–water partition coefficient (Wildman–Crippen LogP) is 3.73. The van der Waals surface area contributed by atoms with Crippen LogP contribution in [0.2, 0.25) is 0 Å². The number of hydrogen-bond acceptors (Lipinski definition) is 4. The Morgan fingerprint density at radius 2 is 1.96 bits per heavy atom. The number of hydrogen-bond donors (Lipinski definition) is 2. The Morgan fingerprint density at radius 3 is 2.78 bits per heavy atom. The van der Waals surface area contributed by atoms with E-state index in [0.29, 0.717) is 0 Å². The molecule has 1 aliphatic heterocycles. The van der Waals surface area contributed by atoms with Gasteiger partial charge in [0.1, 0.15) is 5.52 Å². The number of oxazole rings is 1. The highest BCUT2D eigenvalue weighted by molar-refractivity contribution is 5.85. The van der Waals surface area contributed by atoms with E-state index >= 15 is 0 Å². The van der Waals surface area contributed by atoms with E-state index in [2.05, 4.69) is 41.8 Å². The molecule has 2 atom stereocenters. The largest absolute Gasteiger partial charge is 0.440 e. The van der Waals surface area contributed by atoms with Crippen LogP contribution in [-0.2, 0) is 0 Å². The maximum atomic E-state index is 5.98. The van der Waals surface area contributed by atoms with Crippen molar-refractivity contribution < 1.29 is 4.42 Å². The van der Waals surface area contributed by atoms with Crippen LogP contribution >= 0.6 is 12.4 Å². The summed E-state index contributed by atoms with van der Waals surface area (Å²) in [4.78, 5) is 4.70. The average Bonchev–Trinajstić information content (AvgIpc) is 3.14. The number of rotatable bonds is 3. The second-order valence-corrected chi connectivity index (χ2v) is 5.90. The molecule has 2 heterocycles. The lowest BCUT2D eigenvalue weighted by molar-refractivity contribution is 0.472. The first-order valence-corrected chi connectivity index (χ1v) is 7.69. The van der Waals surface area contributed by atoms with E-state index in [1.54, 1.807) is 0 Å². The van der Waals surface area contributed by atoms with Crippen molar-refractivity contribution in [3.63, 3.8) is 0 Å². The molecule has 0 bridgehead atoms. The fourth-order valence-corrected chi connectivity index (χ4v) is 3.05. The van der Waals surface area contributed by atoms with Gasteiger partial charge in [0.15, 0.2) is 5.58 Å². The summed E-state index contributed by atoms with van der Waals surface area (Å²) in [5, 5.41) is 7.02. The van der Waals surface area contributed by atoms with Gasteiger partial charge in [0.25, 0.3) is 0 Å². The molecule has 23 heavy (non-hydrogen) atoms. The van der Waals surface area contributed by atoms with Gasteiger partial charge in [0, 0.05) is 18.8 Å². The van der Waals surface area contributed by atoms with E-state index in [9.17, 15) is 0 Å². The number of fused-ring (bicyclic) bond motifs is 1. The highest BCUT2D eigenvalue weighted by Crippen LogP contribution is 2.28. The van der Waals surface area contributed by atoms with E-state index in [1.807, 2.05) is 24.3 Å². The van der Waals surface area contributed by atoms with Crippen molar-refractivity contribution in [2.75, 3.05) is 18.4 Å². The molecule has 0 amide bonds. The number of nitrogens with one attached hydrogen (secondary N) is 2. The quantitative estimate of drug-likeness (QED) is 0.769. The van der Waals surface area contributed by atoms with E-state index in [0.717, 1.165) is 35.8 Å². The standard InChI is InChI=1S/C18H19N3O.ClH/c1-12-7-8-17-15(9-12)21-18(22-17)14-10-19-11-16(14)20-13-5-3-2-4-6-13;/h2-9,14,16,19-20H,10-11H2,1H3;1H. The minimum atomic E-state index is 0. The van der Waals surface area contributed by atoms with Crippen molar-refractivity contribution in [1.82, 2.24) is 10.3 Å². The van der Waals surface area contributed by atoms with Crippen molar-refractivity contribution in [3.8, 4) is 0 Å². The highest BCUT2D eigenvalue weighted by atomic mass is 35.5. The van der Waals surface area contributed by atoms with Crippen molar-refractivity contribution in [2.45, 2.75) is 18.9 Å². The summed E-state index contributed by atoms with van der Waals surface area (Å²) in [5.74, 6) is 1.06. The molecular formula is C18H20ClN3O. The Bertz CT molecular complexity index is 787. The summed E-state index contributed by atoms with van der Waals surface area (Å²) in [5.41, 5.74) is 4.15. The first-order chi connectivity index (χ1) is 10.8. The first kappa shape index (κ1) is 15.8. The van der Waals surface area contributed by atoms with E-state index in [1.165, 1.54) is 5.56 Å². The number of aryl methyl sites for hydroxylation is 1. The molecule has 1 saturated heterocycles. The normalized spacial score (nSPS) is 20.4. The zero-order chi connectivity index (χ0) is 14.9. The second kappa shape index (κ2) is 6.60. The van der Waals surface area contributed by atoms with Crippen molar-refractivity contribution in [2.24, 2.45) is 0 Å². The van der Waals surface area contributed by atoms with Gasteiger partial charge in [-0.15, -0.1) is 12.4 Å². The van der Waals surface area contributed by atoms with Crippen LogP contribution in [0.1, 0.15) is 17.4 Å². The van der Waals surface area contributed by atoms with Gasteiger partial charge < -0.3 is 15.1 Å². The van der Waals surface area contributed by atoms with Crippen LogP contribution in [0.15, 0.2) is 52.9 Å². The molecule has 0 radical (unpaired) electrons. The molecule has 1 aromatic heterocycles. The van der Waals surface area contributed by atoms with Crippen molar-refractivity contribution in [3.05, 3.63) is 60.0 Å². The van der Waals surface area contributed by atoms with Gasteiger partial charge >= 0.3 is 0 Å². The minimum absolute atomic E-state index is 0. The summed E-state index contributed by atoms with van der Waals surface area (Å²) < 4.78 is 5.98. The van der Waals surface area contributed by atoms with Gasteiger partial charge in [0.05, 0.1) is 12.0 Å². The lowest BCUT2D eigenvalue weighted by atomic mass is 10.0. The predicted molar refractivity (Wildman–Crippen MR) is 95.5 cm³/mol. The Morgan fingerprint density at radius 1 is 1.13 bits per heavy atom. The van der Waals surface area contributed by atoms with Crippen molar-refractivity contribution >= 4 is 29.2 Å². The Balaban J connectivity index is 0.00000156. The second-order valence-electron chi connectivity index (χ2n) is 5.90. The molecule has 2 aromatic carbocycles. The third-order valence-electron chi connectivity index (χ3n) is 4.22. The van der Waals surface area contributed by atoms with Crippen LogP contribution in [0.25, 0.3) is 11.1 Å². The van der Waals surface area contributed by atoms with Crippen LogP contribution in [0.3, 0.4) is 0 Å². The SMILES string of the molecule is Cc1ccc2oc(C3CNCC3Nc3ccccc3)nc2c1.Cl. The molecule has 1 fully saturated rings. The Kier molecular flexibility index (Phi) is 4.55. The number of para-hydroxylation sites is 1. The maximum absolute atomic E-state index is 5.98. The van der Waals surface area contributed by atoms with Gasteiger partial charge in [-0.05, 0) is 36.8 Å². The zero-order valence-corrected chi connectivity index (χ0v) is 13.8. The lowest BCUT2D eigenvalue weighted by Gasteiger charge is -2.18. The van der Waals surface area contributed by atoms with Crippen LogP contribution in [-0.4, -0.2) is 24.1 Å². The summed E-state index contributed by atoms with van der Waals surface area (Å²) in [6.45, 7) is 3.87. The van der Waals surface area contributed by atoms with Gasteiger partial charge in [-0.2, -0.15) is 0 Å². The van der Waals surface area contributed by atoms with Gasteiger partial charge in [0.2, 0.25) is 5.89 Å². The lowest BCUT2D eigenvalue weighted by Crippen LogP contribution is -2.27. The molecule has 0 saturated carbocycles. The van der Waals surface area contributed by atoms with Crippen LogP contribution < -0.4 is 10.6 Å². The molecule has 5 heteroatoms. The first-order valence-electron chi connectivity index (χ1n) is 7.69. The van der Waals surface area contributed by atoms with Crippen LogP contribution in [0.5, 0.6) is 0 Å². The molecule has 4 rings (SSSR count). The molecule has 0 spiro atoms. The fourth-order valence-electron chi connectivity index (χ4n) is 3.05. The monoisotopic (exact) mass is 329 g/mol. The Labute approximate surface area is 141 Å². The van der Waals surface area contributed by atoms with Crippen LogP contribution in [0, 0.1) is 6.92 Å². The number of nitrogens with zero attached hydrogens (tertiary/aromatic N) is 1. The maximum Gasteiger partial charge on any atom is 0.202 e. The summed E-state index contributed by atoms with van der Waals surface area (Å²) in [6, 6.07) is 16.7. The summed E-state index contributed by atoms with van der Waals surface area (Å²) in [7, 11) is 0. The number of benzene rings is 2. The number of anilines is 1. The van der Waals surface area contributed by atoms with Gasteiger partial charge in [-0.3, -0.25) is 0 Å². The summed E-state index contributed by atoms with van der Waals surface area (Å²) in [6.07, 6.45) is 0. The summed E-state index contributed by atoms with van der Waals surface area (Å²) >= 11 is 0. The topological polar surface area (TPSA) is 50.1 Å². The average molecular weight is 330 g/mol. The molecule has 1 aliphatic rings. The molecule has 120 valence electrons. The smallest absolute Gasteiger partial charge is 0.202 e. The van der Waals surface area contributed by atoms with E-state index in [-0.39, 0.29) is 24.4 Å². The minimum Gasteiger partial charge on any atom is -0.440 e. The van der Waals surface area contributed by atoms with Crippen LogP contribution in [0.4, 0.5) is 5.69 Å². The third kappa shape index (κ3) is 3.19. The van der Waals surface area contributed by atoms with Gasteiger partial charge in [-0.25, -0.2) is 4.98 Å². The molecule has 3 aromatic rings.